The zero-order valence-corrected chi connectivity index (χ0v) is 21.2. The van der Waals surface area contributed by atoms with E-state index < -0.39 is 0 Å². The number of fused-ring (bicyclic) bond motifs is 3. The molecule has 182 valence electrons. The molecule has 1 unspecified atom stereocenters. The van der Waals surface area contributed by atoms with Crippen LogP contribution in [0.2, 0.25) is 0 Å². The Morgan fingerprint density at radius 1 is 1.20 bits per heavy atom. The number of alkyl halides is 1. The van der Waals surface area contributed by atoms with Crippen molar-refractivity contribution in [2.45, 2.75) is 37.1 Å². The van der Waals surface area contributed by atoms with Crippen LogP contribution in [0.15, 0.2) is 62.9 Å². The molecule has 35 heavy (non-hydrogen) atoms. The number of ether oxygens (including phenoxy) is 1. The van der Waals surface area contributed by atoms with Gasteiger partial charge in [0.15, 0.2) is 11.0 Å². The van der Waals surface area contributed by atoms with E-state index >= 15 is 0 Å². The summed E-state index contributed by atoms with van der Waals surface area (Å²) < 4.78 is 10.9. The first-order chi connectivity index (χ1) is 16.8. The highest BCUT2D eigenvalue weighted by molar-refractivity contribution is 8.14. The molecule has 2 aromatic carbocycles. The first-order valence-corrected chi connectivity index (χ1v) is 12.7. The molecule has 1 aromatic heterocycles. The number of anilines is 3. The van der Waals surface area contributed by atoms with Crippen molar-refractivity contribution in [3.63, 3.8) is 0 Å². The van der Waals surface area contributed by atoms with Crippen molar-refractivity contribution in [3.8, 4) is 5.75 Å². The number of benzene rings is 2. The first kappa shape index (κ1) is 23.6. The van der Waals surface area contributed by atoms with Gasteiger partial charge in [0.05, 0.1) is 24.2 Å². The summed E-state index contributed by atoms with van der Waals surface area (Å²) in [5.74, 6) is 2.36. The third-order valence-electron chi connectivity index (χ3n) is 5.67. The number of aliphatic imine (C=N–C) groups is 1. The van der Waals surface area contributed by atoms with E-state index in [9.17, 15) is 4.79 Å². The van der Waals surface area contributed by atoms with Gasteiger partial charge in [0.2, 0.25) is 0 Å². The fraction of sp³-hybridized carbons (Fsp3) is 0.320. The topological polar surface area (TPSA) is 92.0 Å². The summed E-state index contributed by atoms with van der Waals surface area (Å²) in [6.45, 7) is 7.32. The van der Waals surface area contributed by atoms with E-state index in [0.717, 1.165) is 33.6 Å². The maximum Gasteiger partial charge on any atom is 0.324 e. The second-order valence-corrected chi connectivity index (χ2v) is 10.7. The molecule has 0 radical (unpaired) electrons. The summed E-state index contributed by atoms with van der Waals surface area (Å²) in [6, 6.07) is 15.2. The number of hydrogen-bond donors (Lipinski definition) is 2. The van der Waals surface area contributed by atoms with Crippen molar-refractivity contribution in [3.05, 3.63) is 59.9 Å². The van der Waals surface area contributed by atoms with Crippen LogP contribution in [0, 0.1) is 0 Å². The highest BCUT2D eigenvalue weighted by Crippen LogP contribution is 2.46. The zero-order valence-electron chi connectivity index (χ0n) is 19.7. The lowest BCUT2D eigenvalue weighted by atomic mass is 9.93. The lowest BCUT2D eigenvalue weighted by Gasteiger charge is -2.16. The Balaban J connectivity index is 1.19. The lowest BCUT2D eigenvalue weighted by Crippen LogP contribution is -2.22. The summed E-state index contributed by atoms with van der Waals surface area (Å²) in [5.41, 5.74) is 2.74. The molecular weight excluding hydrogens is 486 g/mol. The Morgan fingerprint density at radius 3 is 2.71 bits per heavy atom. The van der Waals surface area contributed by atoms with Crippen molar-refractivity contribution < 1.29 is 14.1 Å². The Labute approximate surface area is 213 Å². The van der Waals surface area contributed by atoms with Crippen molar-refractivity contribution in [1.29, 1.82) is 0 Å². The standard InChI is InChI=1S/C25H26ClN5O3S/c1-25(2,3)21-13-22(30-34-21)29-23(32)27-16-6-4-15(5-7-16)18-14-31-19-9-8-17(33-11-10-26)12-20(19)35-24(31)28-18/h4-9,12-13,18H,10-11,14H2,1-3H3,(H2,27,29,30,32). The van der Waals surface area contributed by atoms with E-state index in [1.165, 1.54) is 0 Å². The summed E-state index contributed by atoms with van der Waals surface area (Å²) in [7, 11) is 0. The number of nitrogens with zero attached hydrogens (tertiary/aromatic N) is 3. The molecule has 3 aromatic rings. The number of amidine groups is 1. The van der Waals surface area contributed by atoms with Crippen molar-refractivity contribution in [2.75, 3.05) is 34.6 Å². The third kappa shape index (κ3) is 5.11. The second kappa shape index (κ2) is 9.47. The summed E-state index contributed by atoms with van der Waals surface area (Å²) in [6.07, 6.45) is 0. The number of amides is 2. The van der Waals surface area contributed by atoms with Crippen LogP contribution < -0.4 is 20.3 Å². The molecule has 0 fully saturated rings. The zero-order chi connectivity index (χ0) is 24.6. The average Bonchev–Trinajstić information content (AvgIpc) is 3.52. The monoisotopic (exact) mass is 511 g/mol. The predicted octanol–water partition coefficient (Wildman–Crippen LogP) is 6.26. The Morgan fingerprint density at radius 2 is 2.00 bits per heavy atom. The summed E-state index contributed by atoms with van der Waals surface area (Å²) in [4.78, 5) is 20.7. The average molecular weight is 512 g/mol. The molecule has 2 N–H and O–H groups in total. The van der Waals surface area contributed by atoms with Crippen LogP contribution in [-0.4, -0.2) is 35.4 Å². The minimum Gasteiger partial charge on any atom is -0.492 e. The minimum absolute atomic E-state index is 0.0339. The second-order valence-electron chi connectivity index (χ2n) is 9.33. The van der Waals surface area contributed by atoms with Crippen LogP contribution in [0.1, 0.15) is 38.1 Å². The van der Waals surface area contributed by atoms with E-state index in [0.29, 0.717) is 29.8 Å². The maximum absolute atomic E-state index is 12.4. The summed E-state index contributed by atoms with van der Waals surface area (Å²) >= 11 is 7.37. The molecule has 3 heterocycles. The van der Waals surface area contributed by atoms with E-state index in [1.807, 2.05) is 57.2 Å². The number of carbonyl (C=O) groups is 1. The van der Waals surface area contributed by atoms with Crippen molar-refractivity contribution >= 4 is 51.8 Å². The van der Waals surface area contributed by atoms with Gasteiger partial charge in [0.1, 0.15) is 18.1 Å². The van der Waals surface area contributed by atoms with Crippen LogP contribution >= 0.6 is 23.4 Å². The molecule has 1 atom stereocenters. The van der Waals surface area contributed by atoms with Crippen LogP contribution in [0.5, 0.6) is 5.75 Å². The maximum atomic E-state index is 12.4. The van der Waals surface area contributed by atoms with Crippen molar-refractivity contribution in [1.82, 2.24) is 5.16 Å². The van der Waals surface area contributed by atoms with Gasteiger partial charge in [-0.25, -0.2) is 4.79 Å². The number of halogens is 1. The van der Waals surface area contributed by atoms with Gasteiger partial charge in [-0.15, -0.1) is 11.6 Å². The fourth-order valence-electron chi connectivity index (χ4n) is 3.86. The van der Waals surface area contributed by atoms with Crippen LogP contribution in [-0.2, 0) is 5.41 Å². The highest BCUT2D eigenvalue weighted by atomic mass is 35.5. The molecule has 0 spiro atoms. The van der Waals surface area contributed by atoms with E-state index in [-0.39, 0.29) is 17.5 Å². The van der Waals surface area contributed by atoms with Crippen LogP contribution in [0.3, 0.4) is 0 Å². The largest absolute Gasteiger partial charge is 0.492 e. The lowest BCUT2D eigenvalue weighted by molar-refractivity contribution is 0.262. The van der Waals surface area contributed by atoms with Gasteiger partial charge in [-0.1, -0.05) is 38.1 Å². The van der Waals surface area contributed by atoms with Gasteiger partial charge < -0.3 is 19.5 Å². The van der Waals surface area contributed by atoms with Gasteiger partial charge in [0.25, 0.3) is 0 Å². The molecule has 10 heteroatoms. The predicted molar refractivity (Wildman–Crippen MR) is 140 cm³/mol. The molecule has 0 bridgehead atoms. The number of nitrogens with one attached hydrogen (secondary N) is 2. The molecule has 2 amide bonds. The van der Waals surface area contributed by atoms with E-state index in [1.54, 1.807) is 17.8 Å². The molecule has 8 nitrogen and oxygen atoms in total. The molecule has 0 aliphatic carbocycles. The van der Waals surface area contributed by atoms with E-state index in [2.05, 4.69) is 26.8 Å². The smallest absolute Gasteiger partial charge is 0.324 e. The summed E-state index contributed by atoms with van der Waals surface area (Å²) in [5, 5.41) is 10.4. The highest BCUT2D eigenvalue weighted by Gasteiger charge is 2.35. The van der Waals surface area contributed by atoms with Gasteiger partial charge >= 0.3 is 6.03 Å². The molecule has 5 rings (SSSR count). The number of aromatic nitrogens is 1. The molecular formula is C25H26ClN5O3S. The molecule has 2 aliphatic rings. The number of urea groups is 1. The van der Waals surface area contributed by atoms with Gasteiger partial charge in [0, 0.05) is 22.1 Å². The quantitative estimate of drug-likeness (QED) is 0.380. The van der Waals surface area contributed by atoms with E-state index in [4.69, 9.17) is 25.9 Å². The normalized spacial score (nSPS) is 16.5. The Bertz CT molecular complexity index is 1270. The van der Waals surface area contributed by atoms with Crippen LogP contribution in [0.25, 0.3) is 0 Å². The van der Waals surface area contributed by atoms with Crippen LogP contribution in [0.4, 0.5) is 22.0 Å². The molecule has 0 saturated heterocycles. The van der Waals surface area contributed by atoms with Gasteiger partial charge in [-0.05, 0) is 47.7 Å². The number of carbonyl (C=O) groups excluding carboxylic acids is 1. The van der Waals surface area contributed by atoms with Gasteiger partial charge in [-0.3, -0.25) is 10.3 Å². The SMILES string of the molecule is CC(C)(C)c1cc(NC(=O)Nc2ccc(C3CN4C(=N3)Sc3cc(OCCCl)ccc34)cc2)no1. The number of hydrogen-bond acceptors (Lipinski definition) is 7. The third-order valence-corrected chi connectivity index (χ3v) is 6.88. The first-order valence-electron chi connectivity index (χ1n) is 11.3. The number of thioether (sulfide) groups is 1. The fourth-order valence-corrected chi connectivity index (χ4v) is 5.05. The minimum atomic E-state index is -0.379. The molecule has 0 saturated carbocycles. The van der Waals surface area contributed by atoms with Gasteiger partial charge in [-0.2, -0.15) is 0 Å². The Kier molecular flexibility index (Phi) is 6.37. The number of rotatable bonds is 6. The Hall–Kier alpha value is -3.17. The van der Waals surface area contributed by atoms with Crippen molar-refractivity contribution in [2.24, 2.45) is 4.99 Å². The molecule has 2 aliphatic heterocycles.